The van der Waals surface area contributed by atoms with E-state index in [1.165, 1.54) is 12.1 Å². The van der Waals surface area contributed by atoms with Crippen molar-refractivity contribution in [3.8, 4) is 17.9 Å². The maximum absolute atomic E-state index is 13.3. The summed E-state index contributed by atoms with van der Waals surface area (Å²) >= 11 is 0. The lowest BCUT2D eigenvalue weighted by Crippen LogP contribution is -1.95. The molecule has 1 aromatic heterocycles. The number of halogens is 1. The molecule has 0 unspecified atom stereocenters. The van der Waals surface area contributed by atoms with Crippen molar-refractivity contribution in [3.05, 3.63) is 64.7 Å². The summed E-state index contributed by atoms with van der Waals surface area (Å²) in [5.41, 5.74) is 1.54. The van der Waals surface area contributed by atoms with Crippen LogP contribution < -0.4 is 0 Å². The summed E-state index contributed by atoms with van der Waals surface area (Å²) in [4.78, 5) is 3.90. The Morgan fingerprint density at radius 2 is 1.80 bits per heavy atom. The van der Waals surface area contributed by atoms with Crippen molar-refractivity contribution in [1.82, 2.24) is 4.98 Å². The van der Waals surface area contributed by atoms with Crippen LogP contribution in [0.15, 0.2) is 41.6 Å². The van der Waals surface area contributed by atoms with E-state index in [-0.39, 0.29) is 5.69 Å². The molecule has 0 saturated carbocycles. The maximum Gasteiger partial charge on any atom is 0.150 e. The van der Waals surface area contributed by atoms with Crippen molar-refractivity contribution in [2.75, 3.05) is 0 Å². The molecule has 0 fully saturated rings. The Bertz CT molecular complexity index is 749. The van der Waals surface area contributed by atoms with Gasteiger partial charge in [-0.2, -0.15) is 5.26 Å². The number of hydrogen-bond acceptors (Lipinski definition) is 4. The highest BCUT2D eigenvalue weighted by Gasteiger charge is 2.01. The lowest BCUT2D eigenvalue weighted by Gasteiger charge is -1.95. The lowest BCUT2D eigenvalue weighted by molar-refractivity contribution is 0.321. The first kappa shape index (κ1) is 13.3. The minimum Gasteiger partial charge on any atom is -0.411 e. The molecule has 0 aliphatic heterocycles. The molecule has 1 N–H and O–H groups in total. The van der Waals surface area contributed by atoms with Gasteiger partial charge in [0.05, 0.1) is 17.8 Å². The highest BCUT2D eigenvalue weighted by molar-refractivity contribution is 5.76. The van der Waals surface area contributed by atoms with Gasteiger partial charge < -0.3 is 5.21 Å². The van der Waals surface area contributed by atoms with E-state index < -0.39 is 5.82 Å². The van der Waals surface area contributed by atoms with Crippen molar-refractivity contribution in [2.24, 2.45) is 5.16 Å². The van der Waals surface area contributed by atoms with Crippen LogP contribution in [0.3, 0.4) is 0 Å². The second-order valence-corrected chi connectivity index (χ2v) is 3.75. The predicted molar refractivity (Wildman–Crippen MR) is 70.7 cm³/mol. The normalized spacial score (nSPS) is 9.80. The molecule has 1 heterocycles. The SMILES string of the molecule is N#Cc1ccc(C#Cc2ccc(F)c(/C=N/O)n2)cc1. The van der Waals surface area contributed by atoms with Crippen LogP contribution >= 0.6 is 0 Å². The smallest absolute Gasteiger partial charge is 0.150 e. The van der Waals surface area contributed by atoms with Crippen LogP contribution in [0.1, 0.15) is 22.5 Å². The third-order valence-electron chi connectivity index (χ3n) is 2.40. The molecule has 0 atom stereocenters. The summed E-state index contributed by atoms with van der Waals surface area (Å²) in [6.45, 7) is 0. The number of nitrogens with zero attached hydrogens (tertiary/aromatic N) is 3. The average molecular weight is 265 g/mol. The van der Waals surface area contributed by atoms with Gasteiger partial charge in [0.1, 0.15) is 11.4 Å². The molecule has 0 amide bonds. The highest BCUT2D eigenvalue weighted by Crippen LogP contribution is 2.05. The van der Waals surface area contributed by atoms with Gasteiger partial charge in [-0.1, -0.05) is 11.1 Å². The molecule has 2 rings (SSSR count). The fourth-order valence-corrected chi connectivity index (χ4v) is 1.44. The zero-order valence-electron chi connectivity index (χ0n) is 10.2. The Labute approximate surface area is 114 Å². The van der Waals surface area contributed by atoms with Gasteiger partial charge in [-0.3, -0.25) is 0 Å². The molecule has 96 valence electrons. The van der Waals surface area contributed by atoms with Crippen LogP contribution in [0.4, 0.5) is 4.39 Å². The molecule has 0 radical (unpaired) electrons. The van der Waals surface area contributed by atoms with Gasteiger partial charge in [-0.05, 0) is 42.3 Å². The summed E-state index contributed by atoms with van der Waals surface area (Å²) in [5, 5.41) is 19.8. The van der Waals surface area contributed by atoms with E-state index in [0.29, 0.717) is 16.8 Å². The molecule has 2 aromatic rings. The van der Waals surface area contributed by atoms with E-state index in [2.05, 4.69) is 22.0 Å². The first-order chi connectivity index (χ1) is 9.72. The minimum absolute atomic E-state index is 0.0841. The van der Waals surface area contributed by atoms with Gasteiger partial charge in [0, 0.05) is 5.56 Å². The number of rotatable bonds is 1. The second-order valence-electron chi connectivity index (χ2n) is 3.75. The third kappa shape index (κ3) is 3.18. The summed E-state index contributed by atoms with van der Waals surface area (Å²) in [6.07, 6.45) is 0.905. The van der Waals surface area contributed by atoms with Crippen molar-refractivity contribution >= 4 is 6.21 Å². The Morgan fingerprint density at radius 3 is 2.45 bits per heavy atom. The zero-order valence-corrected chi connectivity index (χ0v) is 10.2. The van der Waals surface area contributed by atoms with Crippen molar-refractivity contribution in [1.29, 1.82) is 5.26 Å². The Kier molecular flexibility index (Phi) is 4.06. The van der Waals surface area contributed by atoms with E-state index in [9.17, 15) is 4.39 Å². The van der Waals surface area contributed by atoms with Crippen LogP contribution in [-0.4, -0.2) is 16.4 Å². The Morgan fingerprint density at radius 1 is 1.10 bits per heavy atom. The molecule has 0 saturated heterocycles. The maximum atomic E-state index is 13.3. The summed E-state index contributed by atoms with van der Waals surface area (Å²) in [6, 6.07) is 11.4. The van der Waals surface area contributed by atoms with Crippen LogP contribution in [-0.2, 0) is 0 Å². The molecule has 0 bridgehead atoms. The molecule has 5 heteroatoms. The Balaban J connectivity index is 2.28. The van der Waals surface area contributed by atoms with Gasteiger partial charge in [-0.25, -0.2) is 9.37 Å². The number of aromatic nitrogens is 1. The first-order valence-electron chi connectivity index (χ1n) is 5.59. The number of nitriles is 1. The second kappa shape index (κ2) is 6.12. The fraction of sp³-hybridized carbons (Fsp3) is 0. The summed E-state index contributed by atoms with van der Waals surface area (Å²) < 4.78 is 13.3. The molecule has 20 heavy (non-hydrogen) atoms. The number of hydrogen-bond donors (Lipinski definition) is 1. The van der Waals surface area contributed by atoms with Gasteiger partial charge in [0.15, 0.2) is 5.82 Å². The zero-order chi connectivity index (χ0) is 14.4. The summed E-state index contributed by atoms with van der Waals surface area (Å²) in [5.74, 6) is 5.03. The van der Waals surface area contributed by atoms with Gasteiger partial charge in [0.2, 0.25) is 0 Å². The van der Waals surface area contributed by atoms with Gasteiger partial charge in [0.25, 0.3) is 0 Å². The monoisotopic (exact) mass is 265 g/mol. The molecule has 0 spiro atoms. The molecular formula is C15H8FN3O. The molecular weight excluding hydrogens is 257 g/mol. The van der Waals surface area contributed by atoms with Crippen molar-refractivity contribution in [3.63, 3.8) is 0 Å². The van der Waals surface area contributed by atoms with E-state index in [1.807, 2.05) is 6.07 Å². The predicted octanol–water partition coefficient (Wildman–Crippen LogP) is 2.30. The van der Waals surface area contributed by atoms with Gasteiger partial charge in [-0.15, -0.1) is 0 Å². The average Bonchev–Trinajstić information content (AvgIpc) is 2.49. The van der Waals surface area contributed by atoms with Crippen LogP contribution in [0.5, 0.6) is 0 Å². The molecule has 0 aliphatic rings. The van der Waals surface area contributed by atoms with Crippen molar-refractivity contribution < 1.29 is 9.60 Å². The Hall–Kier alpha value is -3.18. The van der Waals surface area contributed by atoms with E-state index in [1.54, 1.807) is 24.3 Å². The number of benzene rings is 1. The molecule has 4 nitrogen and oxygen atoms in total. The summed E-state index contributed by atoms with van der Waals surface area (Å²) in [7, 11) is 0. The molecule has 1 aromatic carbocycles. The topological polar surface area (TPSA) is 69.3 Å². The van der Waals surface area contributed by atoms with E-state index in [4.69, 9.17) is 10.5 Å². The lowest BCUT2D eigenvalue weighted by atomic mass is 10.1. The standard InChI is InChI=1S/C15H8FN3O/c16-14-8-7-13(19-15(14)10-18-20)6-5-11-1-3-12(9-17)4-2-11/h1-4,7-8,10,20H/b18-10+. The van der Waals surface area contributed by atoms with Crippen LogP contribution in [0.2, 0.25) is 0 Å². The first-order valence-corrected chi connectivity index (χ1v) is 5.59. The van der Waals surface area contributed by atoms with Crippen LogP contribution in [0, 0.1) is 29.0 Å². The fourth-order valence-electron chi connectivity index (χ4n) is 1.44. The molecule has 0 aliphatic carbocycles. The quantitative estimate of drug-likeness (QED) is 0.372. The largest absolute Gasteiger partial charge is 0.411 e. The minimum atomic E-state index is -0.591. The van der Waals surface area contributed by atoms with Crippen molar-refractivity contribution in [2.45, 2.75) is 0 Å². The highest BCUT2D eigenvalue weighted by atomic mass is 19.1. The number of pyridine rings is 1. The number of oxime groups is 1. The van der Waals surface area contributed by atoms with E-state index >= 15 is 0 Å². The van der Waals surface area contributed by atoms with Crippen LogP contribution in [0.25, 0.3) is 0 Å². The third-order valence-corrected chi connectivity index (χ3v) is 2.40. The van der Waals surface area contributed by atoms with E-state index in [0.717, 1.165) is 6.21 Å². The van der Waals surface area contributed by atoms with Gasteiger partial charge >= 0.3 is 0 Å².